The highest BCUT2D eigenvalue weighted by atomic mass is 19.1. The Morgan fingerprint density at radius 2 is 1.74 bits per heavy atom. The van der Waals surface area contributed by atoms with Crippen molar-refractivity contribution in [1.29, 1.82) is 0 Å². The zero-order chi connectivity index (χ0) is 26.5. The van der Waals surface area contributed by atoms with Gasteiger partial charge in [0.05, 0.1) is 18.8 Å². The first-order chi connectivity index (χ1) is 18.5. The summed E-state index contributed by atoms with van der Waals surface area (Å²) in [6.45, 7) is 4.78. The van der Waals surface area contributed by atoms with Gasteiger partial charge in [0.2, 0.25) is 0 Å². The van der Waals surface area contributed by atoms with Crippen LogP contribution in [0.15, 0.2) is 77.6 Å². The van der Waals surface area contributed by atoms with Crippen LogP contribution in [0.2, 0.25) is 0 Å². The normalized spacial score (nSPS) is 13.4. The standard InChI is InChI=1S/C28H27FN6O3/c1-2-38-23-8-6-21(7-9-23)24-10-12-26(31-30-24)33-14-16-34(17-15-33)28(37)25-11-13-27(36)35(32-25)19-20-4-3-5-22(29)18-20/h3-13,18H,2,14-17,19H2,1H3. The smallest absolute Gasteiger partial charge is 0.274 e. The average Bonchev–Trinajstić information content (AvgIpc) is 2.95. The van der Waals surface area contributed by atoms with Gasteiger partial charge >= 0.3 is 0 Å². The van der Waals surface area contributed by atoms with Crippen LogP contribution in [0.4, 0.5) is 10.2 Å². The number of halogens is 1. The first-order valence-corrected chi connectivity index (χ1v) is 12.4. The number of anilines is 1. The number of hydrogen-bond donors (Lipinski definition) is 0. The quantitative estimate of drug-likeness (QED) is 0.374. The van der Waals surface area contributed by atoms with Gasteiger partial charge in [0.15, 0.2) is 5.82 Å². The third-order valence-corrected chi connectivity index (χ3v) is 6.31. The molecule has 0 spiro atoms. The summed E-state index contributed by atoms with van der Waals surface area (Å²) in [4.78, 5) is 29.2. The van der Waals surface area contributed by atoms with Crippen molar-refractivity contribution in [2.75, 3.05) is 37.7 Å². The minimum absolute atomic E-state index is 0.0802. The lowest BCUT2D eigenvalue weighted by Gasteiger charge is -2.35. The number of carbonyl (C=O) groups is 1. The second-order valence-corrected chi connectivity index (χ2v) is 8.86. The minimum Gasteiger partial charge on any atom is -0.494 e. The largest absolute Gasteiger partial charge is 0.494 e. The average molecular weight is 515 g/mol. The molecule has 0 radical (unpaired) electrons. The van der Waals surface area contributed by atoms with Crippen LogP contribution in [0.1, 0.15) is 23.0 Å². The molecule has 4 aromatic rings. The van der Waals surface area contributed by atoms with E-state index in [4.69, 9.17) is 4.74 Å². The van der Waals surface area contributed by atoms with Crippen molar-refractivity contribution in [3.63, 3.8) is 0 Å². The van der Waals surface area contributed by atoms with E-state index in [1.165, 1.54) is 28.9 Å². The molecule has 2 aromatic carbocycles. The van der Waals surface area contributed by atoms with Crippen molar-refractivity contribution in [3.05, 3.63) is 100 Å². The summed E-state index contributed by atoms with van der Waals surface area (Å²) in [6.07, 6.45) is 0. The van der Waals surface area contributed by atoms with Crippen LogP contribution < -0.4 is 15.2 Å². The molecule has 38 heavy (non-hydrogen) atoms. The number of rotatable bonds is 7. The minimum atomic E-state index is -0.392. The maximum atomic E-state index is 13.5. The fourth-order valence-electron chi connectivity index (χ4n) is 4.32. The van der Waals surface area contributed by atoms with Crippen molar-refractivity contribution in [1.82, 2.24) is 24.9 Å². The molecule has 0 bridgehead atoms. The monoisotopic (exact) mass is 514 g/mol. The van der Waals surface area contributed by atoms with Gasteiger partial charge in [-0.3, -0.25) is 9.59 Å². The number of amides is 1. The lowest BCUT2D eigenvalue weighted by molar-refractivity contribution is 0.0737. The van der Waals surface area contributed by atoms with E-state index in [1.807, 2.05) is 43.3 Å². The van der Waals surface area contributed by atoms with E-state index in [9.17, 15) is 14.0 Å². The Labute approximate surface area is 219 Å². The zero-order valence-corrected chi connectivity index (χ0v) is 21.0. The van der Waals surface area contributed by atoms with Gasteiger partial charge in [-0.05, 0) is 67.1 Å². The van der Waals surface area contributed by atoms with Crippen LogP contribution >= 0.6 is 0 Å². The van der Waals surface area contributed by atoms with E-state index in [-0.39, 0.29) is 23.7 Å². The summed E-state index contributed by atoms with van der Waals surface area (Å²) in [5.41, 5.74) is 2.13. The molecule has 1 saturated heterocycles. The summed E-state index contributed by atoms with van der Waals surface area (Å²) in [6, 6.07) is 20.3. The molecular formula is C28H27FN6O3. The van der Waals surface area contributed by atoms with E-state index in [0.29, 0.717) is 38.3 Å². The lowest BCUT2D eigenvalue weighted by Crippen LogP contribution is -2.49. The topological polar surface area (TPSA) is 93.5 Å². The molecule has 2 aromatic heterocycles. The van der Waals surface area contributed by atoms with Gasteiger partial charge in [0.1, 0.15) is 17.3 Å². The lowest BCUT2D eigenvalue weighted by atomic mass is 10.1. The number of carbonyl (C=O) groups excluding carboxylic acids is 1. The maximum absolute atomic E-state index is 13.5. The van der Waals surface area contributed by atoms with E-state index < -0.39 is 5.82 Å². The third kappa shape index (κ3) is 5.69. The summed E-state index contributed by atoms with van der Waals surface area (Å²) >= 11 is 0. The first-order valence-electron chi connectivity index (χ1n) is 12.4. The first kappa shape index (κ1) is 25.1. The second-order valence-electron chi connectivity index (χ2n) is 8.86. The molecule has 1 fully saturated rings. The summed E-state index contributed by atoms with van der Waals surface area (Å²) < 4.78 is 20.2. The molecule has 0 saturated carbocycles. The molecule has 1 aliphatic rings. The summed E-state index contributed by atoms with van der Waals surface area (Å²) in [5.74, 6) is 0.910. The van der Waals surface area contributed by atoms with Gasteiger partial charge in [0.25, 0.3) is 11.5 Å². The Morgan fingerprint density at radius 3 is 2.42 bits per heavy atom. The van der Waals surface area contributed by atoms with Gasteiger partial charge in [-0.2, -0.15) is 5.10 Å². The number of ether oxygens (including phenoxy) is 1. The van der Waals surface area contributed by atoms with Gasteiger partial charge in [0, 0.05) is 37.8 Å². The predicted molar refractivity (Wildman–Crippen MR) is 141 cm³/mol. The zero-order valence-electron chi connectivity index (χ0n) is 21.0. The predicted octanol–water partition coefficient (Wildman–Crippen LogP) is 3.25. The van der Waals surface area contributed by atoms with E-state index >= 15 is 0 Å². The van der Waals surface area contributed by atoms with Crippen molar-refractivity contribution >= 4 is 11.7 Å². The van der Waals surface area contributed by atoms with Crippen LogP contribution in [-0.4, -0.2) is 63.6 Å². The molecule has 0 aliphatic carbocycles. The van der Waals surface area contributed by atoms with E-state index in [0.717, 1.165) is 22.8 Å². The van der Waals surface area contributed by atoms with Crippen molar-refractivity contribution in [2.24, 2.45) is 0 Å². The van der Waals surface area contributed by atoms with Crippen LogP contribution in [0.25, 0.3) is 11.3 Å². The Balaban J connectivity index is 1.21. The fourth-order valence-corrected chi connectivity index (χ4v) is 4.32. The number of nitrogens with zero attached hydrogens (tertiary/aromatic N) is 6. The SMILES string of the molecule is CCOc1ccc(-c2ccc(N3CCN(C(=O)c4ccc(=O)n(Cc5cccc(F)c5)n4)CC3)nn2)cc1. The molecule has 1 amide bonds. The van der Waals surface area contributed by atoms with Crippen LogP contribution in [0.3, 0.4) is 0 Å². The molecule has 10 heteroatoms. The molecule has 9 nitrogen and oxygen atoms in total. The summed E-state index contributed by atoms with van der Waals surface area (Å²) in [7, 11) is 0. The molecule has 0 unspecified atom stereocenters. The number of piperazine rings is 1. The van der Waals surface area contributed by atoms with Gasteiger partial charge in [-0.1, -0.05) is 12.1 Å². The third-order valence-electron chi connectivity index (χ3n) is 6.31. The highest BCUT2D eigenvalue weighted by Gasteiger charge is 2.24. The number of aromatic nitrogens is 4. The van der Waals surface area contributed by atoms with Gasteiger partial charge in [-0.15, -0.1) is 10.2 Å². The van der Waals surface area contributed by atoms with E-state index in [1.54, 1.807) is 17.0 Å². The van der Waals surface area contributed by atoms with Gasteiger partial charge in [-0.25, -0.2) is 9.07 Å². The van der Waals surface area contributed by atoms with Crippen LogP contribution in [0, 0.1) is 5.82 Å². The number of benzene rings is 2. The van der Waals surface area contributed by atoms with E-state index in [2.05, 4.69) is 20.2 Å². The van der Waals surface area contributed by atoms with Crippen molar-refractivity contribution in [3.8, 4) is 17.0 Å². The maximum Gasteiger partial charge on any atom is 0.274 e. The molecule has 3 heterocycles. The molecule has 194 valence electrons. The Kier molecular flexibility index (Phi) is 7.39. The number of hydrogen-bond acceptors (Lipinski definition) is 7. The van der Waals surface area contributed by atoms with Crippen molar-refractivity contribution in [2.45, 2.75) is 13.5 Å². The highest BCUT2D eigenvalue weighted by Crippen LogP contribution is 2.22. The molecule has 0 atom stereocenters. The fraction of sp³-hybridized carbons (Fsp3) is 0.250. The van der Waals surface area contributed by atoms with Gasteiger partial charge < -0.3 is 14.5 Å². The highest BCUT2D eigenvalue weighted by molar-refractivity contribution is 5.92. The molecule has 0 N–H and O–H groups in total. The van der Waals surface area contributed by atoms with Crippen molar-refractivity contribution < 1.29 is 13.9 Å². The summed E-state index contributed by atoms with van der Waals surface area (Å²) in [5, 5.41) is 13.0. The second kappa shape index (κ2) is 11.2. The Bertz CT molecular complexity index is 1470. The molecule has 5 rings (SSSR count). The molecule has 1 aliphatic heterocycles. The Hall–Kier alpha value is -4.60. The Morgan fingerprint density at radius 1 is 0.947 bits per heavy atom. The van der Waals surface area contributed by atoms with Crippen LogP contribution in [0.5, 0.6) is 5.75 Å². The molecular weight excluding hydrogens is 487 g/mol. The van der Waals surface area contributed by atoms with Crippen LogP contribution in [-0.2, 0) is 6.54 Å².